The number of ether oxygens (including phenoxy) is 3. The topological polar surface area (TPSA) is 84.4 Å². The molecule has 0 atom stereocenters. The number of fused-ring (bicyclic) bond motifs is 3. The highest BCUT2D eigenvalue weighted by atomic mass is 16.7. The summed E-state index contributed by atoms with van der Waals surface area (Å²) >= 11 is 0. The average Bonchev–Trinajstić information content (AvgIpc) is 3.39. The highest BCUT2D eigenvalue weighted by molar-refractivity contribution is 6.05. The first kappa shape index (κ1) is 23.7. The maximum Gasteiger partial charge on any atom is 0.339 e. The number of aromatic nitrogens is 1. The SMILES string of the molecule is CN1CCc2nc3ccccc3c(C(=O)OCC(=O)N3CCN(Cc4ccc5c(c4)OCO5)CC3)c2C1. The number of nitrogens with zero attached hydrogens (tertiary/aromatic N) is 4. The van der Waals surface area contributed by atoms with Gasteiger partial charge in [0.2, 0.25) is 6.79 Å². The van der Waals surface area contributed by atoms with Gasteiger partial charge in [-0.3, -0.25) is 14.7 Å². The van der Waals surface area contributed by atoms with Gasteiger partial charge in [-0.1, -0.05) is 24.3 Å². The summed E-state index contributed by atoms with van der Waals surface area (Å²) in [5.41, 5.74) is 4.31. The third kappa shape index (κ3) is 4.84. The number of hydrogen-bond acceptors (Lipinski definition) is 8. The first-order valence-electron chi connectivity index (χ1n) is 12.7. The molecule has 1 saturated heterocycles. The highest BCUT2D eigenvalue weighted by Crippen LogP contribution is 2.33. The molecule has 3 aliphatic heterocycles. The van der Waals surface area contributed by atoms with Crippen molar-refractivity contribution in [3.63, 3.8) is 0 Å². The summed E-state index contributed by atoms with van der Waals surface area (Å²) in [4.78, 5) is 37.2. The first-order chi connectivity index (χ1) is 18.0. The molecule has 0 spiro atoms. The largest absolute Gasteiger partial charge is 0.454 e. The van der Waals surface area contributed by atoms with Crippen molar-refractivity contribution in [3.05, 3.63) is 64.8 Å². The Balaban J connectivity index is 1.07. The van der Waals surface area contributed by atoms with E-state index in [0.29, 0.717) is 25.2 Å². The molecule has 0 unspecified atom stereocenters. The Kier molecular flexibility index (Phi) is 6.40. The van der Waals surface area contributed by atoms with Gasteiger partial charge in [-0.05, 0) is 30.8 Å². The van der Waals surface area contributed by atoms with Crippen molar-refractivity contribution in [1.29, 1.82) is 0 Å². The lowest BCUT2D eigenvalue weighted by Crippen LogP contribution is -2.49. The Bertz CT molecular complexity index is 1350. The quantitative estimate of drug-likeness (QED) is 0.492. The van der Waals surface area contributed by atoms with Crippen molar-refractivity contribution >= 4 is 22.8 Å². The van der Waals surface area contributed by atoms with Crippen LogP contribution in [-0.2, 0) is 29.0 Å². The van der Waals surface area contributed by atoms with E-state index in [-0.39, 0.29) is 19.3 Å². The second-order valence-electron chi connectivity index (χ2n) is 9.84. The van der Waals surface area contributed by atoms with Crippen molar-refractivity contribution in [2.75, 3.05) is 53.2 Å². The molecule has 9 heteroatoms. The third-order valence-electron chi connectivity index (χ3n) is 7.34. The summed E-state index contributed by atoms with van der Waals surface area (Å²) < 4.78 is 16.5. The Labute approximate surface area is 215 Å². The minimum atomic E-state index is -0.458. The van der Waals surface area contributed by atoms with Crippen LogP contribution in [0.2, 0.25) is 0 Å². The lowest BCUT2D eigenvalue weighted by molar-refractivity contribution is -0.136. The van der Waals surface area contributed by atoms with Gasteiger partial charge in [0.1, 0.15) is 0 Å². The van der Waals surface area contributed by atoms with E-state index in [9.17, 15) is 9.59 Å². The summed E-state index contributed by atoms with van der Waals surface area (Å²) in [6.45, 7) is 5.01. The molecule has 192 valence electrons. The van der Waals surface area contributed by atoms with E-state index in [1.165, 1.54) is 0 Å². The Hall–Kier alpha value is -3.69. The molecule has 6 rings (SSSR count). The van der Waals surface area contributed by atoms with Crippen LogP contribution >= 0.6 is 0 Å². The number of esters is 1. The summed E-state index contributed by atoms with van der Waals surface area (Å²) in [5, 5.41) is 0.770. The van der Waals surface area contributed by atoms with Gasteiger partial charge in [0.15, 0.2) is 18.1 Å². The van der Waals surface area contributed by atoms with E-state index in [1.807, 2.05) is 49.5 Å². The van der Waals surface area contributed by atoms with Gasteiger partial charge in [0.05, 0.1) is 11.1 Å². The van der Waals surface area contributed by atoms with E-state index >= 15 is 0 Å². The van der Waals surface area contributed by atoms with Crippen LogP contribution in [-0.4, -0.2) is 84.7 Å². The maximum absolute atomic E-state index is 13.3. The molecule has 0 saturated carbocycles. The molecule has 1 aromatic heterocycles. The third-order valence-corrected chi connectivity index (χ3v) is 7.34. The molecule has 0 radical (unpaired) electrons. The van der Waals surface area contributed by atoms with E-state index in [1.54, 1.807) is 4.90 Å². The zero-order valence-corrected chi connectivity index (χ0v) is 20.9. The van der Waals surface area contributed by atoms with Crippen LogP contribution in [0.4, 0.5) is 0 Å². The number of piperazine rings is 1. The fourth-order valence-corrected chi connectivity index (χ4v) is 5.30. The van der Waals surface area contributed by atoms with E-state index in [2.05, 4.69) is 9.80 Å². The fraction of sp³-hybridized carbons (Fsp3) is 0.393. The van der Waals surface area contributed by atoms with Gasteiger partial charge >= 0.3 is 5.97 Å². The molecule has 1 amide bonds. The normalized spacial score (nSPS) is 17.6. The number of benzene rings is 2. The summed E-state index contributed by atoms with van der Waals surface area (Å²) in [6, 6.07) is 13.6. The van der Waals surface area contributed by atoms with E-state index in [0.717, 1.165) is 71.8 Å². The molecule has 1 fully saturated rings. The number of carbonyl (C=O) groups is 2. The second-order valence-corrected chi connectivity index (χ2v) is 9.84. The van der Waals surface area contributed by atoms with Crippen LogP contribution in [0, 0.1) is 0 Å². The van der Waals surface area contributed by atoms with Crippen LogP contribution in [0.1, 0.15) is 27.2 Å². The van der Waals surface area contributed by atoms with Gasteiger partial charge in [-0.25, -0.2) is 4.79 Å². The van der Waals surface area contributed by atoms with E-state index in [4.69, 9.17) is 19.2 Å². The van der Waals surface area contributed by atoms with Gasteiger partial charge in [0.25, 0.3) is 5.91 Å². The molecule has 0 N–H and O–H groups in total. The lowest BCUT2D eigenvalue weighted by Gasteiger charge is -2.34. The number of rotatable bonds is 5. The van der Waals surface area contributed by atoms with Crippen molar-refractivity contribution in [2.45, 2.75) is 19.5 Å². The van der Waals surface area contributed by atoms with Crippen LogP contribution < -0.4 is 9.47 Å². The summed E-state index contributed by atoms with van der Waals surface area (Å²) in [7, 11) is 2.03. The van der Waals surface area contributed by atoms with Crippen LogP contribution in [0.5, 0.6) is 11.5 Å². The summed E-state index contributed by atoms with van der Waals surface area (Å²) in [5.74, 6) is 0.935. The van der Waals surface area contributed by atoms with Crippen LogP contribution in [0.3, 0.4) is 0 Å². The molecule has 4 heterocycles. The number of hydrogen-bond donors (Lipinski definition) is 0. The van der Waals surface area contributed by atoms with Gasteiger partial charge < -0.3 is 24.0 Å². The number of para-hydroxylation sites is 1. The zero-order chi connectivity index (χ0) is 25.4. The fourth-order valence-electron chi connectivity index (χ4n) is 5.30. The zero-order valence-electron chi connectivity index (χ0n) is 20.9. The number of carbonyl (C=O) groups excluding carboxylic acids is 2. The monoisotopic (exact) mass is 502 g/mol. The Morgan fingerprint density at radius 3 is 2.68 bits per heavy atom. The maximum atomic E-state index is 13.3. The molecule has 9 nitrogen and oxygen atoms in total. The smallest absolute Gasteiger partial charge is 0.339 e. The minimum Gasteiger partial charge on any atom is -0.454 e. The molecular formula is C28H30N4O5. The van der Waals surface area contributed by atoms with Crippen molar-refractivity contribution in [3.8, 4) is 11.5 Å². The van der Waals surface area contributed by atoms with Gasteiger partial charge in [0, 0.05) is 68.9 Å². The average molecular weight is 503 g/mol. The molecule has 3 aromatic rings. The molecule has 3 aliphatic rings. The predicted molar refractivity (Wildman–Crippen MR) is 136 cm³/mol. The van der Waals surface area contributed by atoms with Crippen molar-refractivity contribution in [2.24, 2.45) is 0 Å². The number of pyridine rings is 1. The molecular weight excluding hydrogens is 472 g/mol. The minimum absolute atomic E-state index is 0.166. The molecule has 37 heavy (non-hydrogen) atoms. The molecule has 0 aliphatic carbocycles. The second kappa shape index (κ2) is 9.99. The lowest BCUT2D eigenvalue weighted by atomic mass is 9.96. The molecule has 2 aromatic carbocycles. The number of likely N-dealkylation sites (N-methyl/N-ethyl adjacent to an activating group) is 1. The van der Waals surface area contributed by atoms with E-state index < -0.39 is 5.97 Å². The van der Waals surface area contributed by atoms with Gasteiger partial charge in [-0.15, -0.1) is 0 Å². The molecule has 0 bridgehead atoms. The first-order valence-corrected chi connectivity index (χ1v) is 12.7. The Morgan fingerprint density at radius 1 is 1.00 bits per heavy atom. The van der Waals surface area contributed by atoms with Crippen molar-refractivity contribution in [1.82, 2.24) is 19.7 Å². The number of amides is 1. The standard InChI is InChI=1S/C28H30N4O5/c1-30-9-8-23-21(16-30)27(20-4-2-3-5-22(20)29-23)28(34)35-17-26(33)32-12-10-31(11-13-32)15-19-6-7-24-25(14-19)37-18-36-24/h2-7,14H,8-13,15-18H2,1H3. The van der Waals surface area contributed by atoms with Crippen LogP contribution in [0.25, 0.3) is 10.9 Å². The van der Waals surface area contributed by atoms with Gasteiger partial charge in [-0.2, -0.15) is 0 Å². The highest BCUT2D eigenvalue weighted by Gasteiger charge is 2.27. The predicted octanol–water partition coefficient (Wildman–Crippen LogP) is 2.45. The van der Waals surface area contributed by atoms with Crippen molar-refractivity contribution < 1.29 is 23.8 Å². The van der Waals surface area contributed by atoms with Crippen LogP contribution in [0.15, 0.2) is 42.5 Å². The summed E-state index contributed by atoms with van der Waals surface area (Å²) in [6.07, 6.45) is 0.784. The Morgan fingerprint density at radius 2 is 1.81 bits per heavy atom.